The molecule has 0 aromatic carbocycles. The van der Waals surface area contributed by atoms with Crippen molar-refractivity contribution in [2.45, 2.75) is 46.5 Å². The molecule has 4 nitrogen and oxygen atoms in total. The predicted octanol–water partition coefficient (Wildman–Crippen LogP) is 4.00. The number of hydrogen-bond acceptors (Lipinski definition) is 4. The Morgan fingerprint density at radius 2 is 1.90 bits per heavy atom. The number of rotatable bonds is 7. The van der Waals surface area contributed by atoms with Crippen LogP contribution < -0.4 is 5.32 Å². The summed E-state index contributed by atoms with van der Waals surface area (Å²) in [4.78, 5) is 24.5. The van der Waals surface area contributed by atoms with Crippen molar-refractivity contribution in [3.63, 3.8) is 0 Å². The summed E-state index contributed by atoms with van der Waals surface area (Å²) in [5.41, 5.74) is 1.50. The average Bonchev–Trinajstić information content (AvgIpc) is 2.79. The molecule has 0 spiro atoms. The van der Waals surface area contributed by atoms with E-state index in [1.807, 2.05) is 12.3 Å². The maximum atomic E-state index is 12.3. The minimum Gasteiger partial charge on any atom is -0.465 e. The second-order valence-corrected chi connectivity index (χ2v) is 5.76. The third kappa shape index (κ3) is 4.07. The Labute approximate surface area is 124 Å². The first-order chi connectivity index (χ1) is 9.54. The Morgan fingerprint density at radius 3 is 2.40 bits per heavy atom. The van der Waals surface area contributed by atoms with Crippen LogP contribution in [0.15, 0.2) is 5.38 Å². The quantitative estimate of drug-likeness (QED) is 0.774. The van der Waals surface area contributed by atoms with Gasteiger partial charge in [0, 0.05) is 5.92 Å². The lowest BCUT2D eigenvalue weighted by Gasteiger charge is -2.16. The first-order valence-corrected chi connectivity index (χ1v) is 7.90. The molecule has 1 amide bonds. The number of aryl methyl sites for hydroxylation is 1. The fourth-order valence-electron chi connectivity index (χ4n) is 2.17. The summed E-state index contributed by atoms with van der Waals surface area (Å²) in [6, 6.07) is 0. The number of esters is 1. The zero-order chi connectivity index (χ0) is 15.1. The molecule has 0 aliphatic rings. The molecule has 1 rings (SSSR count). The van der Waals surface area contributed by atoms with Gasteiger partial charge in [0.25, 0.3) is 0 Å². The molecule has 5 heteroatoms. The Kier molecular flexibility index (Phi) is 6.71. The lowest BCUT2D eigenvalue weighted by molar-refractivity contribution is -0.120. The maximum absolute atomic E-state index is 12.3. The van der Waals surface area contributed by atoms with Gasteiger partial charge in [0.15, 0.2) is 0 Å². The summed E-state index contributed by atoms with van der Waals surface area (Å²) in [5, 5.41) is 4.77. The second kappa shape index (κ2) is 8.04. The highest BCUT2D eigenvalue weighted by Crippen LogP contribution is 2.29. The largest absolute Gasteiger partial charge is 0.465 e. The van der Waals surface area contributed by atoms with E-state index in [9.17, 15) is 9.59 Å². The lowest BCUT2D eigenvalue weighted by atomic mass is 9.97. The topological polar surface area (TPSA) is 55.4 Å². The van der Waals surface area contributed by atoms with Gasteiger partial charge >= 0.3 is 5.97 Å². The Hall–Kier alpha value is -1.36. The number of carbonyl (C=O) groups is 2. The van der Waals surface area contributed by atoms with E-state index in [2.05, 4.69) is 19.2 Å². The smallest absolute Gasteiger partial charge is 0.350 e. The second-order valence-electron chi connectivity index (χ2n) is 4.88. The highest BCUT2D eigenvalue weighted by Gasteiger charge is 2.22. The minimum absolute atomic E-state index is 0.000327. The van der Waals surface area contributed by atoms with Crippen molar-refractivity contribution in [1.29, 1.82) is 0 Å². The van der Waals surface area contributed by atoms with E-state index in [1.54, 1.807) is 0 Å². The van der Waals surface area contributed by atoms with E-state index < -0.39 is 5.97 Å². The van der Waals surface area contributed by atoms with E-state index in [0.717, 1.165) is 31.2 Å². The van der Waals surface area contributed by atoms with Gasteiger partial charge in [0.05, 0.1) is 12.8 Å². The standard InChI is InChI=1S/C15H23NO3S/c1-5-7-11(8-6-2)14(17)16-12-10(3)9-20-13(12)15(18)19-4/h9,11H,5-8H2,1-4H3,(H,16,17). The molecule has 112 valence electrons. The van der Waals surface area contributed by atoms with Gasteiger partial charge in [-0.15, -0.1) is 11.3 Å². The molecule has 0 radical (unpaired) electrons. The molecule has 0 fully saturated rings. The molecule has 1 aromatic heterocycles. The SMILES string of the molecule is CCCC(CCC)C(=O)Nc1c(C)csc1C(=O)OC. The van der Waals surface area contributed by atoms with Gasteiger partial charge in [-0.2, -0.15) is 0 Å². The van der Waals surface area contributed by atoms with Gasteiger partial charge in [0.2, 0.25) is 5.91 Å². The number of methoxy groups -OCH3 is 1. The number of ether oxygens (including phenoxy) is 1. The average molecular weight is 297 g/mol. The Balaban J connectivity index is 2.88. The van der Waals surface area contributed by atoms with Crippen molar-refractivity contribution in [3.8, 4) is 0 Å². The van der Waals surface area contributed by atoms with E-state index in [0.29, 0.717) is 10.6 Å². The van der Waals surface area contributed by atoms with Crippen LogP contribution in [0.5, 0.6) is 0 Å². The van der Waals surface area contributed by atoms with Gasteiger partial charge < -0.3 is 10.1 Å². The third-order valence-corrected chi connectivity index (χ3v) is 4.32. The monoisotopic (exact) mass is 297 g/mol. The summed E-state index contributed by atoms with van der Waals surface area (Å²) in [6.45, 7) is 6.03. The molecule has 0 unspecified atom stereocenters. The number of nitrogens with one attached hydrogen (secondary N) is 1. The predicted molar refractivity (Wildman–Crippen MR) is 82.3 cm³/mol. The molecule has 1 aromatic rings. The molecular formula is C15H23NO3S. The summed E-state index contributed by atoms with van der Waals surface area (Å²) >= 11 is 1.30. The van der Waals surface area contributed by atoms with Crippen LogP contribution in [0.1, 0.15) is 54.8 Å². The zero-order valence-corrected chi connectivity index (χ0v) is 13.4. The molecule has 0 aliphatic heterocycles. The number of hydrogen-bond donors (Lipinski definition) is 1. The van der Waals surface area contributed by atoms with Gasteiger partial charge in [-0.05, 0) is 30.7 Å². The highest BCUT2D eigenvalue weighted by molar-refractivity contribution is 7.12. The van der Waals surface area contributed by atoms with Crippen LogP contribution in [0.4, 0.5) is 5.69 Å². The highest BCUT2D eigenvalue weighted by atomic mass is 32.1. The van der Waals surface area contributed by atoms with Crippen LogP contribution in [0.3, 0.4) is 0 Å². The van der Waals surface area contributed by atoms with Crippen molar-refractivity contribution < 1.29 is 14.3 Å². The normalized spacial score (nSPS) is 10.7. The van der Waals surface area contributed by atoms with Crippen LogP contribution >= 0.6 is 11.3 Å². The fraction of sp³-hybridized carbons (Fsp3) is 0.600. The third-order valence-electron chi connectivity index (χ3n) is 3.24. The van der Waals surface area contributed by atoms with Crippen LogP contribution in [-0.2, 0) is 9.53 Å². The van der Waals surface area contributed by atoms with Crippen LogP contribution in [-0.4, -0.2) is 19.0 Å². The minimum atomic E-state index is -0.402. The fourth-order valence-corrected chi connectivity index (χ4v) is 3.09. The molecule has 1 N–H and O–H groups in total. The Bertz CT molecular complexity index is 462. The molecule has 0 saturated carbocycles. The van der Waals surface area contributed by atoms with E-state index in [1.165, 1.54) is 18.4 Å². The van der Waals surface area contributed by atoms with Crippen molar-refractivity contribution in [2.24, 2.45) is 5.92 Å². The molecule has 1 heterocycles. The number of carbonyl (C=O) groups excluding carboxylic acids is 2. The van der Waals surface area contributed by atoms with Crippen LogP contribution in [0.25, 0.3) is 0 Å². The van der Waals surface area contributed by atoms with Crippen molar-refractivity contribution in [2.75, 3.05) is 12.4 Å². The molecule has 0 saturated heterocycles. The number of anilines is 1. The van der Waals surface area contributed by atoms with Crippen molar-refractivity contribution in [3.05, 3.63) is 15.8 Å². The maximum Gasteiger partial charge on any atom is 0.350 e. The van der Waals surface area contributed by atoms with Crippen LogP contribution in [0, 0.1) is 12.8 Å². The number of thiophene rings is 1. The molecule has 0 aliphatic carbocycles. The molecular weight excluding hydrogens is 274 g/mol. The molecule has 0 atom stereocenters. The van der Waals surface area contributed by atoms with Gasteiger partial charge in [-0.1, -0.05) is 26.7 Å². The molecule has 0 bridgehead atoms. The van der Waals surface area contributed by atoms with E-state index >= 15 is 0 Å². The summed E-state index contributed by atoms with van der Waals surface area (Å²) < 4.78 is 4.75. The lowest BCUT2D eigenvalue weighted by Crippen LogP contribution is -2.23. The summed E-state index contributed by atoms with van der Waals surface area (Å²) in [6.07, 6.45) is 3.70. The van der Waals surface area contributed by atoms with Crippen molar-refractivity contribution >= 4 is 28.9 Å². The first-order valence-electron chi connectivity index (χ1n) is 7.02. The summed E-state index contributed by atoms with van der Waals surface area (Å²) in [7, 11) is 1.35. The van der Waals surface area contributed by atoms with Gasteiger partial charge in [-0.3, -0.25) is 4.79 Å². The van der Waals surface area contributed by atoms with E-state index in [4.69, 9.17) is 4.74 Å². The van der Waals surface area contributed by atoms with Gasteiger partial charge in [-0.25, -0.2) is 4.79 Å². The molecule has 20 heavy (non-hydrogen) atoms. The van der Waals surface area contributed by atoms with Crippen molar-refractivity contribution in [1.82, 2.24) is 0 Å². The summed E-state index contributed by atoms with van der Waals surface area (Å²) in [5.74, 6) is -0.393. The van der Waals surface area contributed by atoms with Gasteiger partial charge in [0.1, 0.15) is 4.88 Å². The zero-order valence-electron chi connectivity index (χ0n) is 12.6. The Morgan fingerprint density at radius 1 is 1.30 bits per heavy atom. The van der Waals surface area contributed by atoms with E-state index in [-0.39, 0.29) is 11.8 Å². The first kappa shape index (κ1) is 16.7. The van der Waals surface area contributed by atoms with Crippen LogP contribution in [0.2, 0.25) is 0 Å². The number of amides is 1.